The van der Waals surface area contributed by atoms with Crippen LogP contribution in [0, 0.1) is 0 Å². The van der Waals surface area contributed by atoms with Gasteiger partial charge in [-0.1, -0.05) is 25.1 Å². The number of hydrogen-bond acceptors (Lipinski definition) is 2. The van der Waals surface area contributed by atoms with Gasteiger partial charge in [-0.2, -0.15) is 5.10 Å². The normalized spacial score (nSPS) is 10.7. The molecule has 0 atom stereocenters. The van der Waals surface area contributed by atoms with Gasteiger partial charge in [0.1, 0.15) is 0 Å². The lowest BCUT2D eigenvalue weighted by atomic mass is 10.1. The predicted octanol–water partition coefficient (Wildman–Crippen LogP) is 2.68. The van der Waals surface area contributed by atoms with Crippen molar-refractivity contribution in [2.24, 2.45) is 0 Å². The van der Waals surface area contributed by atoms with Crippen LogP contribution in [0.2, 0.25) is 0 Å². The van der Waals surface area contributed by atoms with Crippen LogP contribution in [-0.4, -0.2) is 16.3 Å². The van der Waals surface area contributed by atoms with Crippen molar-refractivity contribution in [3.63, 3.8) is 0 Å². The third-order valence-electron chi connectivity index (χ3n) is 2.80. The number of benzene rings is 1. The van der Waals surface area contributed by atoms with E-state index in [1.165, 1.54) is 16.7 Å². The Morgan fingerprint density at radius 1 is 1.24 bits per heavy atom. The van der Waals surface area contributed by atoms with Gasteiger partial charge in [-0.3, -0.25) is 4.68 Å². The molecule has 3 nitrogen and oxygen atoms in total. The molecular formula is C14H19N3. The quantitative estimate of drug-likeness (QED) is 0.854. The van der Waals surface area contributed by atoms with Crippen LogP contribution in [0.4, 0.5) is 0 Å². The maximum absolute atomic E-state index is 4.30. The van der Waals surface area contributed by atoms with Crippen LogP contribution < -0.4 is 5.32 Å². The minimum Gasteiger partial charge on any atom is -0.313 e. The van der Waals surface area contributed by atoms with Crippen molar-refractivity contribution in [1.82, 2.24) is 15.1 Å². The molecule has 0 aliphatic heterocycles. The first-order valence-electron chi connectivity index (χ1n) is 6.16. The van der Waals surface area contributed by atoms with E-state index in [1.807, 2.05) is 10.9 Å². The third-order valence-corrected chi connectivity index (χ3v) is 2.80. The molecule has 0 radical (unpaired) electrons. The van der Waals surface area contributed by atoms with Crippen molar-refractivity contribution in [3.8, 4) is 11.1 Å². The van der Waals surface area contributed by atoms with Gasteiger partial charge >= 0.3 is 0 Å². The Bertz CT molecular complexity index is 474. The molecule has 2 rings (SSSR count). The first-order valence-corrected chi connectivity index (χ1v) is 6.16. The van der Waals surface area contributed by atoms with E-state index >= 15 is 0 Å². The largest absolute Gasteiger partial charge is 0.313 e. The fraction of sp³-hybridized carbons (Fsp3) is 0.357. The molecule has 0 saturated carbocycles. The van der Waals surface area contributed by atoms with Gasteiger partial charge in [-0.25, -0.2) is 0 Å². The average Bonchev–Trinajstić information content (AvgIpc) is 2.85. The molecule has 1 N–H and O–H groups in total. The summed E-state index contributed by atoms with van der Waals surface area (Å²) in [6.45, 7) is 7.05. The minimum absolute atomic E-state index is 0.914. The summed E-state index contributed by atoms with van der Waals surface area (Å²) in [6.07, 6.45) is 4.02. The lowest BCUT2D eigenvalue weighted by Gasteiger charge is -2.04. The van der Waals surface area contributed by atoms with Crippen molar-refractivity contribution >= 4 is 0 Å². The van der Waals surface area contributed by atoms with Crippen LogP contribution in [0.1, 0.15) is 19.4 Å². The number of nitrogens with zero attached hydrogens (tertiary/aromatic N) is 2. The molecule has 0 aliphatic rings. The second-order valence-corrected chi connectivity index (χ2v) is 4.07. The van der Waals surface area contributed by atoms with E-state index in [9.17, 15) is 0 Å². The Morgan fingerprint density at radius 2 is 2.12 bits per heavy atom. The van der Waals surface area contributed by atoms with Crippen LogP contribution in [0.3, 0.4) is 0 Å². The summed E-state index contributed by atoms with van der Waals surface area (Å²) >= 11 is 0. The lowest BCUT2D eigenvalue weighted by Crippen LogP contribution is -2.11. The molecule has 17 heavy (non-hydrogen) atoms. The van der Waals surface area contributed by atoms with E-state index in [1.54, 1.807) is 0 Å². The summed E-state index contributed by atoms with van der Waals surface area (Å²) in [7, 11) is 0. The molecule has 0 fully saturated rings. The standard InChI is InChI=1S/C14H19N3/c1-3-15-9-12-6-5-7-13(8-12)14-10-16-17(4-2)11-14/h5-8,10-11,15H,3-4,9H2,1-2H3. The van der Waals surface area contributed by atoms with E-state index in [0.717, 1.165) is 19.6 Å². The zero-order valence-corrected chi connectivity index (χ0v) is 10.5. The summed E-state index contributed by atoms with van der Waals surface area (Å²) < 4.78 is 1.95. The van der Waals surface area contributed by atoms with Gasteiger partial charge < -0.3 is 5.32 Å². The van der Waals surface area contributed by atoms with Gasteiger partial charge in [0.2, 0.25) is 0 Å². The fourth-order valence-electron chi connectivity index (χ4n) is 1.82. The van der Waals surface area contributed by atoms with Gasteiger partial charge in [0.15, 0.2) is 0 Å². The highest BCUT2D eigenvalue weighted by molar-refractivity contribution is 5.62. The smallest absolute Gasteiger partial charge is 0.0568 e. The number of aryl methyl sites for hydroxylation is 1. The van der Waals surface area contributed by atoms with E-state index in [2.05, 4.69) is 54.7 Å². The van der Waals surface area contributed by atoms with Crippen LogP contribution >= 0.6 is 0 Å². The molecule has 1 aromatic heterocycles. The molecule has 0 amide bonds. The first kappa shape index (κ1) is 11.9. The SMILES string of the molecule is CCNCc1cccc(-c2cnn(CC)c2)c1. The summed E-state index contributed by atoms with van der Waals surface area (Å²) in [5.74, 6) is 0. The van der Waals surface area contributed by atoms with Gasteiger partial charge in [0, 0.05) is 24.8 Å². The average molecular weight is 229 g/mol. The molecule has 1 aromatic carbocycles. The Balaban J connectivity index is 2.20. The molecule has 0 saturated heterocycles. The molecule has 0 aliphatic carbocycles. The molecular weight excluding hydrogens is 210 g/mol. The van der Waals surface area contributed by atoms with E-state index in [-0.39, 0.29) is 0 Å². The van der Waals surface area contributed by atoms with Crippen LogP contribution in [0.25, 0.3) is 11.1 Å². The van der Waals surface area contributed by atoms with E-state index in [0.29, 0.717) is 0 Å². The summed E-state index contributed by atoms with van der Waals surface area (Å²) in [4.78, 5) is 0. The van der Waals surface area contributed by atoms with Gasteiger partial charge in [0.25, 0.3) is 0 Å². The Kier molecular flexibility index (Phi) is 3.94. The monoisotopic (exact) mass is 229 g/mol. The van der Waals surface area contributed by atoms with Gasteiger partial charge in [0.05, 0.1) is 6.20 Å². The molecule has 1 heterocycles. The van der Waals surface area contributed by atoms with Crippen molar-refractivity contribution in [2.45, 2.75) is 26.9 Å². The van der Waals surface area contributed by atoms with Crippen molar-refractivity contribution in [1.29, 1.82) is 0 Å². The maximum atomic E-state index is 4.30. The Morgan fingerprint density at radius 3 is 2.82 bits per heavy atom. The lowest BCUT2D eigenvalue weighted by molar-refractivity contribution is 0.660. The highest BCUT2D eigenvalue weighted by atomic mass is 15.3. The van der Waals surface area contributed by atoms with Gasteiger partial charge in [-0.05, 0) is 30.7 Å². The van der Waals surface area contributed by atoms with Crippen LogP contribution in [-0.2, 0) is 13.1 Å². The predicted molar refractivity (Wildman–Crippen MR) is 70.7 cm³/mol. The summed E-state index contributed by atoms with van der Waals surface area (Å²) in [5.41, 5.74) is 3.74. The zero-order chi connectivity index (χ0) is 12.1. The highest BCUT2D eigenvalue weighted by Crippen LogP contribution is 2.19. The summed E-state index contributed by atoms with van der Waals surface area (Å²) in [6, 6.07) is 8.60. The zero-order valence-electron chi connectivity index (χ0n) is 10.5. The second kappa shape index (κ2) is 5.64. The topological polar surface area (TPSA) is 29.9 Å². The van der Waals surface area contributed by atoms with Crippen LogP contribution in [0.5, 0.6) is 0 Å². The molecule has 2 aromatic rings. The number of aromatic nitrogens is 2. The number of rotatable bonds is 5. The first-order chi connectivity index (χ1) is 8.33. The highest BCUT2D eigenvalue weighted by Gasteiger charge is 2.01. The summed E-state index contributed by atoms with van der Waals surface area (Å²) in [5, 5.41) is 7.64. The Hall–Kier alpha value is -1.61. The fourth-order valence-corrected chi connectivity index (χ4v) is 1.82. The van der Waals surface area contributed by atoms with E-state index < -0.39 is 0 Å². The molecule has 0 spiro atoms. The van der Waals surface area contributed by atoms with E-state index in [4.69, 9.17) is 0 Å². The maximum Gasteiger partial charge on any atom is 0.0568 e. The molecule has 0 bridgehead atoms. The van der Waals surface area contributed by atoms with Crippen molar-refractivity contribution in [3.05, 3.63) is 42.2 Å². The third kappa shape index (κ3) is 2.94. The second-order valence-electron chi connectivity index (χ2n) is 4.07. The number of hydrogen-bond donors (Lipinski definition) is 1. The molecule has 0 unspecified atom stereocenters. The Labute approximate surface area is 102 Å². The van der Waals surface area contributed by atoms with Crippen molar-refractivity contribution < 1.29 is 0 Å². The minimum atomic E-state index is 0.914. The molecule has 3 heteroatoms. The molecule has 90 valence electrons. The van der Waals surface area contributed by atoms with Crippen LogP contribution in [0.15, 0.2) is 36.7 Å². The van der Waals surface area contributed by atoms with Crippen molar-refractivity contribution in [2.75, 3.05) is 6.54 Å². The number of nitrogens with one attached hydrogen (secondary N) is 1. The van der Waals surface area contributed by atoms with Gasteiger partial charge in [-0.15, -0.1) is 0 Å².